The number of halogens is 1. The Morgan fingerprint density at radius 1 is 1.32 bits per heavy atom. The molecule has 7 nitrogen and oxygen atoms in total. The summed E-state index contributed by atoms with van der Waals surface area (Å²) in [6.45, 7) is 0.710. The van der Waals surface area contributed by atoms with E-state index in [2.05, 4.69) is 15.3 Å². The number of methoxy groups -OCH3 is 1. The van der Waals surface area contributed by atoms with E-state index in [1.807, 2.05) is 13.1 Å². The van der Waals surface area contributed by atoms with Gasteiger partial charge in [0.25, 0.3) is 5.91 Å². The summed E-state index contributed by atoms with van der Waals surface area (Å²) in [6.07, 6.45) is 1.57. The van der Waals surface area contributed by atoms with Gasteiger partial charge in [-0.3, -0.25) is 10.1 Å². The molecular weight excluding hydrogens is 344 g/mol. The van der Waals surface area contributed by atoms with Crippen LogP contribution in [0.1, 0.15) is 10.4 Å². The summed E-state index contributed by atoms with van der Waals surface area (Å²) in [5.41, 5.74) is 1.89. The van der Waals surface area contributed by atoms with Crippen LogP contribution < -0.4 is 10.1 Å². The molecule has 0 bridgehead atoms. The molecule has 2 heterocycles. The molecule has 0 aliphatic heterocycles. The molecule has 0 atom stereocenters. The number of imidazole rings is 1. The van der Waals surface area contributed by atoms with Gasteiger partial charge in [-0.15, -0.1) is 0 Å². The van der Waals surface area contributed by atoms with Crippen molar-refractivity contribution in [2.45, 2.75) is 0 Å². The Hall–Kier alpha value is -2.64. The average Bonchev–Trinajstić information content (AvgIpc) is 2.90. The van der Waals surface area contributed by atoms with Crippen LogP contribution in [0.15, 0.2) is 36.5 Å². The molecule has 0 unspecified atom stereocenters. The van der Waals surface area contributed by atoms with Crippen molar-refractivity contribution in [3.63, 3.8) is 0 Å². The number of ether oxygens (including phenoxy) is 2. The predicted molar refractivity (Wildman–Crippen MR) is 95.3 cm³/mol. The number of pyridine rings is 1. The molecule has 0 saturated heterocycles. The first kappa shape index (κ1) is 17.2. The highest BCUT2D eigenvalue weighted by atomic mass is 35.5. The van der Waals surface area contributed by atoms with Crippen LogP contribution in [0.3, 0.4) is 0 Å². The van der Waals surface area contributed by atoms with Gasteiger partial charge in [0.15, 0.2) is 0 Å². The molecule has 0 aliphatic rings. The lowest BCUT2D eigenvalue weighted by Gasteiger charge is -2.10. The van der Waals surface area contributed by atoms with Crippen molar-refractivity contribution >= 4 is 34.5 Å². The number of aryl methyl sites for hydroxylation is 1. The van der Waals surface area contributed by atoms with Gasteiger partial charge in [-0.25, -0.2) is 9.97 Å². The molecule has 0 radical (unpaired) electrons. The minimum absolute atomic E-state index is 0.249. The second kappa shape index (κ2) is 7.50. The van der Waals surface area contributed by atoms with Gasteiger partial charge in [-0.2, -0.15) is 0 Å². The lowest BCUT2D eigenvalue weighted by atomic mass is 10.2. The smallest absolute Gasteiger partial charge is 0.263 e. The second-order valence-electron chi connectivity index (χ2n) is 5.28. The Kier molecular flexibility index (Phi) is 5.16. The minimum Gasteiger partial charge on any atom is -0.475 e. The number of benzene rings is 1. The molecular formula is C17H17ClN4O3. The van der Waals surface area contributed by atoms with Crippen LogP contribution in [-0.2, 0) is 11.8 Å². The molecule has 3 aromatic rings. The van der Waals surface area contributed by atoms with Crippen molar-refractivity contribution < 1.29 is 14.3 Å². The quantitative estimate of drug-likeness (QED) is 0.684. The maximum atomic E-state index is 12.6. The van der Waals surface area contributed by atoms with Crippen LogP contribution >= 0.6 is 11.6 Å². The van der Waals surface area contributed by atoms with Gasteiger partial charge in [0.1, 0.15) is 12.2 Å². The van der Waals surface area contributed by atoms with Crippen LogP contribution in [0.5, 0.6) is 5.88 Å². The normalized spacial score (nSPS) is 10.8. The van der Waals surface area contributed by atoms with Crippen LogP contribution in [-0.4, -0.2) is 40.8 Å². The summed E-state index contributed by atoms with van der Waals surface area (Å²) in [5.74, 6) is 0.304. The van der Waals surface area contributed by atoms with Crippen molar-refractivity contribution in [2.24, 2.45) is 7.05 Å². The second-order valence-corrected chi connectivity index (χ2v) is 5.72. The first-order valence-corrected chi connectivity index (χ1v) is 7.98. The summed E-state index contributed by atoms with van der Waals surface area (Å²) in [4.78, 5) is 21.1. The number of carbonyl (C=O) groups excluding carboxylic acids is 1. The number of amides is 1. The van der Waals surface area contributed by atoms with Crippen LogP contribution in [0.25, 0.3) is 11.0 Å². The average molecular weight is 361 g/mol. The Morgan fingerprint density at radius 2 is 2.16 bits per heavy atom. The highest BCUT2D eigenvalue weighted by Gasteiger charge is 2.17. The summed E-state index contributed by atoms with van der Waals surface area (Å²) < 4.78 is 12.2. The van der Waals surface area contributed by atoms with Crippen molar-refractivity contribution in [1.82, 2.24) is 14.5 Å². The molecule has 25 heavy (non-hydrogen) atoms. The van der Waals surface area contributed by atoms with Gasteiger partial charge in [0, 0.05) is 25.4 Å². The monoisotopic (exact) mass is 360 g/mol. The Bertz CT molecular complexity index is 910. The van der Waals surface area contributed by atoms with Crippen molar-refractivity contribution in [2.75, 3.05) is 25.6 Å². The maximum absolute atomic E-state index is 12.6. The van der Waals surface area contributed by atoms with E-state index >= 15 is 0 Å². The SMILES string of the molecule is COCCOc1ncccc1C(=O)Nc1nc2cc(Cl)ccc2n1C. The summed E-state index contributed by atoms with van der Waals surface area (Å²) in [7, 11) is 3.39. The van der Waals surface area contributed by atoms with E-state index in [0.29, 0.717) is 35.3 Å². The van der Waals surface area contributed by atoms with Crippen LogP contribution in [0, 0.1) is 0 Å². The summed E-state index contributed by atoms with van der Waals surface area (Å²) in [5, 5.41) is 3.37. The first-order valence-electron chi connectivity index (χ1n) is 7.60. The first-order chi connectivity index (χ1) is 12.1. The van der Waals surface area contributed by atoms with Crippen molar-refractivity contribution in [3.05, 3.63) is 47.1 Å². The molecule has 1 aromatic carbocycles. The lowest BCUT2D eigenvalue weighted by Crippen LogP contribution is -2.17. The van der Waals surface area contributed by atoms with E-state index in [-0.39, 0.29) is 11.8 Å². The number of hydrogen-bond acceptors (Lipinski definition) is 5. The number of anilines is 1. The van der Waals surface area contributed by atoms with Crippen LogP contribution in [0.2, 0.25) is 5.02 Å². The summed E-state index contributed by atoms with van der Waals surface area (Å²) in [6, 6.07) is 8.69. The number of aromatic nitrogens is 3. The number of fused-ring (bicyclic) bond motifs is 1. The van der Waals surface area contributed by atoms with E-state index in [1.165, 1.54) is 0 Å². The molecule has 1 N–H and O–H groups in total. The molecule has 1 amide bonds. The zero-order chi connectivity index (χ0) is 17.8. The van der Waals surface area contributed by atoms with Crippen LogP contribution in [0.4, 0.5) is 5.95 Å². The van der Waals surface area contributed by atoms with E-state index in [1.54, 1.807) is 42.1 Å². The standard InChI is InChI=1S/C17H17ClN4O3/c1-22-14-6-5-11(18)10-13(14)20-17(22)21-15(23)12-4-3-7-19-16(12)25-9-8-24-2/h3-7,10H,8-9H2,1-2H3,(H,20,21,23). The van der Waals surface area contributed by atoms with E-state index in [4.69, 9.17) is 21.1 Å². The topological polar surface area (TPSA) is 78.3 Å². The van der Waals surface area contributed by atoms with Gasteiger partial charge >= 0.3 is 0 Å². The number of rotatable bonds is 6. The molecule has 0 saturated carbocycles. The van der Waals surface area contributed by atoms with Crippen molar-refractivity contribution in [1.29, 1.82) is 0 Å². The fourth-order valence-corrected chi connectivity index (χ4v) is 2.52. The predicted octanol–water partition coefficient (Wildman–Crippen LogP) is 2.90. The van der Waals surface area contributed by atoms with E-state index in [0.717, 1.165) is 5.52 Å². The van der Waals surface area contributed by atoms with Gasteiger partial charge < -0.3 is 14.0 Å². The number of carbonyl (C=O) groups is 1. The van der Waals surface area contributed by atoms with E-state index in [9.17, 15) is 4.79 Å². The fourth-order valence-electron chi connectivity index (χ4n) is 2.35. The van der Waals surface area contributed by atoms with Gasteiger partial charge in [0.05, 0.1) is 17.6 Å². The lowest BCUT2D eigenvalue weighted by molar-refractivity contribution is 0.101. The number of nitrogens with zero attached hydrogens (tertiary/aromatic N) is 3. The Morgan fingerprint density at radius 3 is 2.96 bits per heavy atom. The Labute approximate surface area is 149 Å². The maximum Gasteiger partial charge on any atom is 0.263 e. The van der Waals surface area contributed by atoms with Gasteiger partial charge in [0.2, 0.25) is 11.8 Å². The highest BCUT2D eigenvalue weighted by molar-refractivity contribution is 6.31. The zero-order valence-electron chi connectivity index (χ0n) is 13.8. The molecule has 8 heteroatoms. The third-order valence-electron chi connectivity index (χ3n) is 3.61. The largest absolute Gasteiger partial charge is 0.475 e. The number of hydrogen-bond donors (Lipinski definition) is 1. The van der Waals surface area contributed by atoms with Gasteiger partial charge in [-0.1, -0.05) is 11.6 Å². The third kappa shape index (κ3) is 3.72. The molecule has 130 valence electrons. The number of nitrogens with one attached hydrogen (secondary N) is 1. The third-order valence-corrected chi connectivity index (χ3v) is 3.85. The summed E-state index contributed by atoms with van der Waals surface area (Å²) >= 11 is 5.99. The molecule has 0 aliphatic carbocycles. The molecule has 2 aromatic heterocycles. The minimum atomic E-state index is -0.356. The van der Waals surface area contributed by atoms with E-state index < -0.39 is 0 Å². The fraction of sp³-hybridized carbons (Fsp3) is 0.235. The molecule has 0 fully saturated rings. The van der Waals surface area contributed by atoms with Gasteiger partial charge in [-0.05, 0) is 30.3 Å². The zero-order valence-corrected chi connectivity index (χ0v) is 14.6. The van der Waals surface area contributed by atoms with Crippen molar-refractivity contribution in [3.8, 4) is 5.88 Å². The highest BCUT2D eigenvalue weighted by Crippen LogP contribution is 2.23. The molecule has 0 spiro atoms. The Balaban J connectivity index is 1.84. The molecule has 3 rings (SSSR count).